The number of hydrogen-bond donors (Lipinski definition) is 2. The van der Waals surface area contributed by atoms with Gasteiger partial charge in [-0.25, -0.2) is 0 Å². The number of fused-ring (bicyclic) bond motifs is 3. The average Bonchev–Trinajstić information content (AvgIpc) is 3.65. The van der Waals surface area contributed by atoms with Gasteiger partial charge >= 0.3 is 0 Å². The highest BCUT2D eigenvalue weighted by atomic mass is 16.2. The van der Waals surface area contributed by atoms with E-state index in [1.54, 1.807) is 0 Å². The standard InChI is InChI=1S/C30H37N3O2/c34-27(17-14-20-8-2-1-3-9-20)31-26-13-7-5-11-23(26)30(35)33-19-18-24-28(21-15-16-21)32-25-12-6-4-10-22(25)29(24)33/h1-4,6,8-10,12,21,23-24,26,28-29,32H,5,7,11,13-19H2,(H,31,34)/t23-,24+,26+,28-,29-/m0/s1. The summed E-state index contributed by atoms with van der Waals surface area (Å²) in [7, 11) is 0. The predicted molar refractivity (Wildman–Crippen MR) is 138 cm³/mol. The van der Waals surface area contributed by atoms with Crippen LogP contribution in [0.25, 0.3) is 0 Å². The van der Waals surface area contributed by atoms with E-state index in [1.807, 2.05) is 18.2 Å². The minimum Gasteiger partial charge on any atom is -0.381 e. The summed E-state index contributed by atoms with van der Waals surface area (Å²) in [5, 5.41) is 7.11. The number of likely N-dealkylation sites (tertiary alicyclic amines) is 1. The Morgan fingerprint density at radius 3 is 2.51 bits per heavy atom. The van der Waals surface area contributed by atoms with Gasteiger partial charge in [0.1, 0.15) is 0 Å². The van der Waals surface area contributed by atoms with Gasteiger partial charge in [0.05, 0.1) is 12.0 Å². The third-order valence-corrected chi connectivity index (χ3v) is 8.83. The lowest BCUT2D eigenvalue weighted by Crippen LogP contribution is -2.50. The van der Waals surface area contributed by atoms with Crippen molar-refractivity contribution in [3.05, 3.63) is 65.7 Å². The van der Waals surface area contributed by atoms with E-state index in [1.165, 1.54) is 29.7 Å². The van der Waals surface area contributed by atoms with Crippen LogP contribution in [-0.2, 0) is 16.0 Å². The maximum Gasteiger partial charge on any atom is 0.228 e. The van der Waals surface area contributed by atoms with E-state index in [4.69, 9.17) is 0 Å². The molecule has 2 aromatic rings. The Morgan fingerprint density at radius 1 is 0.914 bits per heavy atom. The van der Waals surface area contributed by atoms with Crippen LogP contribution in [0.3, 0.4) is 0 Å². The fourth-order valence-corrected chi connectivity index (χ4v) is 6.93. The van der Waals surface area contributed by atoms with Gasteiger partial charge in [0, 0.05) is 36.7 Å². The van der Waals surface area contributed by atoms with Gasteiger partial charge in [-0.05, 0) is 61.6 Å². The second kappa shape index (κ2) is 9.67. The zero-order chi connectivity index (χ0) is 23.8. The number of carbonyl (C=O) groups excluding carboxylic acids is 2. The van der Waals surface area contributed by atoms with Crippen molar-refractivity contribution in [1.29, 1.82) is 0 Å². The molecule has 0 bridgehead atoms. The number of carbonyl (C=O) groups is 2. The first-order valence-electron chi connectivity index (χ1n) is 13.7. The third kappa shape index (κ3) is 4.57. The molecule has 5 nitrogen and oxygen atoms in total. The number of rotatable bonds is 6. The van der Waals surface area contributed by atoms with Gasteiger partial charge < -0.3 is 15.5 Å². The Morgan fingerprint density at radius 2 is 1.69 bits per heavy atom. The molecule has 0 aromatic heterocycles. The number of nitrogens with zero attached hydrogens (tertiary/aromatic N) is 1. The van der Waals surface area contributed by atoms with E-state index >= 15 is 0 Å². The first kappa shape index (κ1) is 22.6. The largest absolute Gasteiger partial charge is 0.381 e. The molecular formula is C30H37N3O2. The minimum atomic E-state index is -0.107. The van der Waals surface area contributed by atoms with E-state index in [9.17, 15) is 9.59 Å². The fraction of sp³-hybridized carbons (Fsp3) is 0.533. The van der Waals surface area contributed by atoms with Crippen molar-refractivity contribution in [3.63, 3.8) is 0 Å². The molecule has 2 N–H and O–H groups in total. The Hall–Kier alpha value is -2.82. The smallest absolute Gasteiger partial charge is 0.228 e. The maximum atomic E-state index is 14.1. The molecule has 2 amide bonds. The number of amides is 2. The normalized spacial score (nSPS) is 29.6. The second-order valence-corrected chi connectivity index (χ2v) is 11.1. The highest BCUT2D eigenvalue weighted by Crippen LogP contribution is 2.52. The first-order chi connectivity index (χ1) is 17.2. The zero-order valence-electron chi connectivity index (χ0n) is 20.5. The molecule has 5 heteroatoms. The van der Waals surface area contributed by atoms with E-state index in [-0.39, 0.29) is 29.8 Å². The average molecular weight is 472 g/mol. The lowest BCUT2D eigenvalue weighted by atomic mass is 9.79. The van der Waals surface area contributed by atoms with Gasteiger partial charge in [-0.3, -0.25) is 9.59 Å². The van der Waals surface area contributed by atoms with Crippen molar-refractivity contribution < 1.29 is 9.59 Å². The van der Waals surface area contributed by atoms with Gasteiger partial charge in [-0.1, -0.05) is 61.4 Å². The summed E-state index contributed by atoms with van der Waals surface area (Å²) in [4.78, 5) is 29.1. The van der Waals surface area contributed by atoms with Crippen molar-refractivity contribution in [2.45, 2.75) is 75.9 Å². The third-order valence-electron chi connectivity index (χ3n) is 8.83. The lowest BCUT2D eigenvalue weighted by Gasteiger charge is -2.42. The van der Waals surface area contributed by atoms with Gasteiger partial charge in [-0.2, -0.15) is 0 Å². The molecule has 35 heavy (non-hydrogen) atoms. The van der Waals surface area contributed by atoms with E-state index in [2.05, 4.69) is 51.9 Å². The maximum absolute atomic E-state index is 14.1. The molecule has 2 saturated carbocycles. The molecule has 6 rings (SSSR count). The molecule has 184 valence electrons. The molecule has 0 spiro atoms. The van der Waals surface area contributed by atoms with Crippen molar-refractivity contribution in [3.8, 4) is 0 Å². The molecule has 0 radical (unpaired) electrons. The van der Waals surface area contributed by atoms with E-state index in [0.717, 1.165) is 51.0 Å². The van der Waals surface area contributed by atoms with Crippen LogP contribution < -0.4 is 10.6 Å². The molecule has 0 unspecified atom stereocenters. The summed E-state index contributed by atoms with van der Waals surface area (Å²) >= 11 is 0. The SMILES string of the molecule is O=C(CCc1ccccc1)N[C@@H]1CCCC[C@@H]1C(=O)N1CC[C@@H]2[C@H](C3CC3)Nc3ccccc3[C@@H]21. The van der Waals surface area contributed by atoms with Crippen LogP contribution in [0.1, 0.15) is 68.5 Å². The van der Waals surface area contributed by atoms with Crippen LogP contribution in [0.2, 0.25) is 0 Å². The highest BCUT2D eigenvalue weighted by molar-refractivity contribution is 5.83. The number of para-hydroxylation sites is 1. The molecule has 1 saturated heterocycles. The quantitative estimate of drug-likeness (QED) is 0.617. The molecule has 2 aromatic carbocycles. The lowest BCUT2D eigenvalue weighted by molar-refractivity contribution is -0.139. The van der Waals surface area contributed by atoms with Gasteiger partial charge in [-0.15, -0.1) is 0 Å². The minimum absolute atomic E-state index is 0.0465. The molecule has 2 aliphatic heterocycles. The molecule has 2 aliphatic carbocycles. The first-order valence-corrected chi connectivity index (χ1v) is 13.7. The molecular weight excluding hydrogens is 434 g/mol. The van der Waals surface area contributed by atoms with Crippen molar-refractivity contribution in [1.82, 2.24) is 10.2 Å². The van der Waals surface area contributed by atoms with Crippen LogP contribution in [-0.4, -0.2) is 35.3 Å². The Balaban J connectivity index is 1.17. The second-order valence-electron chi connectivity index (χ2n) is 11.1. The summed E-state index contributed by atoms with van der Waals surface area (Å²) in [5.74, 6) is 1.46. The van der Waals surface area contributed by atoms with Gasteiger partial charge in [0.2, 0.25) is 11.8 Å². The van der Waals surface area contributed by atoms with Crippen LogP contribution >= 0.6 is 0 Å². The van der Waals surface area contributed by atoms with Crippen molar-refractivity contribution >= 4 is 17.5 Å². The summed E-state index contributed by atoms with van der Waals surface area (Å²) < 4.78 is 0. The Labute approximate surface area is 208 Å². The van der Waals surface area contributed by atoms with Crippen molar-refractivity contribution in [2.75, 3.05) is 11.9 Å². The van der Waals surface area contributed by atoms with Crippen LogP contribution in [0.15, 0.2) is 54.6 Å². The predicted octanol–water partition coefficient (Wildman–Crippen LogP) is 5.09. The number of anilines is 1. The van der Waals surface area contributed by atoms with E-state index < -0.39 is 0 Å². The highest BCUT2D eigenvalue weighted by Gasteiger charge is 2.51. The number of hydrogen-bond acceptors (Lipinski definition) is 3. The summed E-state index contributed by atoms with van der Waals surface area (Å²) in [6, 6.07) is 19.3. The Kier molecular flexibility index (Phi) is 6.26. The molecule has 2 heterocycles. The van der Waals surface area contributed by atoms with Gasteiger partial charge in [0.25, 0.3) is 0 Å². The molecule has 5 atom stereocenters. The Bertz CT molecular complexity index is 1070. The number of aryl methyl sites for hydroxylation is 1. The summed E-state index contributed by atoms with van der Waals surface area (Å²) in [6.07, 6.45) is 8.80. The number of benzene rings is 2. The summed E-state index contributed by atoms with van der Waals surface area (Å²) in [5.41, 5.74) is 3.66. The van der Waals surface area contributed by atoms with Crippen molar-refractivity contribution in [2.24, 2.45) is 17.8 Å². The van der Waals surface area contributed by atoms with Crippen LogP contribution in [0.5, 0.6) is 0 Å². The number of nitrogens with one attached hydrogen (secondary N) is 2. The fourth-order valence-electron chi connectivity index (χ4n) is 6.93. The van der Waals surface area contributed by atoms with Gasteiger partial charge in [0.15, 0.2) is 0 Å². The van der Waals surface area contributed by atoms with Crippen LogP contribution in [0.4, 0.5) is 5.69 Å². The molecule has 4 aliphatic rings. The monoisotopic (exact) mass is 471 g/mol. The van der Waals surface area contributed by atoms with Crippen LogP contribution in [0, 0.1) is 17.8 Å². The zero-order valence-corrected chi connectivity index (χ0v) is 20.5. The topological polar surface area (TPSA) is 61.4 Å². The molecule has 3 fully saturated rings. The summed E-state index contributed by atoms with van der Waals surface area (Å²) in [6.45, 7) is 0.832. The van der Waals surface area contributed by atoms with E-state index in [0.29, 0.717) is 18.4 Å².